The van der Waals surface area contributed by atoms with E-state index in [-0.39, 0.29) is 10.9 Å². The maximum atomic E-state index is 11.7. The molecule has 0 aliphatic heterocycles. The Morgan fingerprint density at radius 2 is 1.11 bits per heavy atom. The van der Waals surface area contributed by atoms with Crippen LogP contribution in [0.3, 0.4) is 0 Å². The van der Waals surface area contributed by atoms with Crippen molar-refractivity contribution in [3.05, 3.63) is 108 Å². The topological polar surface area (TPSA) is 17.1 Å². The van der Waals surface area contributed by atoms with Crippen molar-refractivity contribution in [2.24, 2.45) is 0 Å². The highest BCUT2D eigenvalue weighted by molar-refractivity contribution is 7.56. The highest BCUT2D eigenvalue weighted by atomic mass is 31.1. The lowest BCUT2D eigenvalue weighted by Gasteiger charge is -2.36. The van der Waals surface area contributed by atoms with Crippen LogP contribution in [-0.4, -0.2) is 11.8 Å². The zero-order valence-corrected chi connectivity index (χ0v) is 16.4. The number of carbonyl (C=O) groups excluding carboxylic acids is 1. The van der Waals surface area contributed by atoms with Crippen molar-refractivity contribution in [1.82, 2.24) is 0 Å². The third-order valence-electron chi connectivity index (χ3n) is 5.17. The molecule has 0 saturated heterocycles. The Morgan fingerprint density at radius 1 is 0.704 bits per heavy atom. The van der Waals surface area contributed by atoms with Crippen LogP contribution >= 0.6 is 8.20 Å². The fourth-order valence-corrected chi connectivity index (χ4v) is 4.16. The Balaban J connectivity index is 2.05. The molecule has 0 aromatic heterocycles. The first-order valence-electron chi connectivity index (χ1n) is 9.43. The molecule has 27 heavy (non-hydrogen) atoms. The van der Waals surface area contributed by atoms with Gasteiger partial charge < -0.3 is 0 Å². The highest BCUT2D eigenvalue weighted by Gasteiger charge is 2.35. The Bertz CT molecular complexity index is 760. The Hall–Kier alpha value is -2.50. The highest BCUT2D eigenvalue weighted by Crippen LogP contribution is 2.43. The van der Waals surface area contributed by atoms with Crippen LogP contribution in [0.5, 0.6) is 0 Å². The predicted molar refractivity (Wildman–Crippen MR) is 117 cm³/mol. The minimum atomic E-state index is -0.213. The molecule has 3 rings (SSSR count). The Kier molecular flexibility index (Phi) is 6.74. The van der Waals surface area contributed by atoms with Crippen molar-refractivity contribution in [3.63, 3.8) is 0 Å². The molecule has 0 heterocycles. The first kappa shape index (κ1) is 19.3. The van der Waals surface area contributed by atoms with E-state index in [1.807, 2.05) is 0 Å². The molecule has 0 radical (unpaired) electrons. The summed E-state index contributed by atoms with van der Waals surface area (Å²) in [6.07, 6.45) is 7.14. The molecule has 0 atom stereocenters. The van der Waals surface area contributed by atoms with Crippen molar-refractivity contribution < 1.29 is 4.79 Å². The number of unbranched alkanes of at least 4 members (excludes halogenated alkanes) is 1. The van der Waals surface area contributed by atoms with Crippen molar-refractivity contribution in [3.8, 4) is 0 Å². The van der Waals surface area contributed by atoms with Crippen LogP contribution in [0.15, 0.2) is 91.0 Å². The van der Waals surface area contributed by atoms with Gasteiger partial charge in [-0.25, -0.2) is 0 Å². The summed E-state index contributed by atoms with van der Waals surface area (Å²) in [4.78, 5) is 11.7. The standard InChI is InChI=1S/C25H25OP/c1-27-24(26)19-11-12-20-25(21-13-5-2-6-14-21,22-15-7-3-8-16-22)23-17-9-4-10-18-23/h2-10,13-18H,1,11-12,19-20H2. The monoisotopic (exact) mass is 372 g/mol. The minimum Gasteiger partial charge on any atom is -0.290 e. The van der Waals surface area contributed by atoms with Gasteiger partial charge in [-0.1, -0.05) is 104 Å². The average molecular weight is 372 g/mol. The molecule has 0 fully saturated rings. The van der Waals surface area contributed by atoms with Crippen molar-refractivity contribution in [2.45, 2.75) is 31.1 Å². The fourth-order valence-electron chi connectivity index (χ4n) is 3.85. The summed E-state index contributed by atoms with van der Waals surface area (Å²) < 4.78 is 0. The van der Waals surface area contributed by atoms with Gasteiger partial charge in [0.1, 0.15) is 0 Å². The molecule has 0 aliphatic rings. The maximum Gasteiger partial charge on any atom is 0.180 e. The first-order valence-corrected chi connectivity index (χ1v) is 10.5. The van der Waals surface area contributed by atoms with Crippen molar-refractivity contribution in [1.29, 1.82) is 0 Å². The first-order chi connectivity index (χ1) is 13.3. The normalized spacial score (nSPS) is 11.4. The van der Waals surface area contributed by atoms with Gasteiger partial charge in [-0.05, 0) is 37.7 Å². The summed E-state index contributed by atoms with van der Waals surface area (Å²) in [6, 6.07) is 32.2. The average Bonchev–Trinajstić information content (AvgIpc) is 2.75. The van der Waals surface area contributed by atoms with Crippen LogP contribution in [0.1, 0.15) is 42.4 Å². The van der Waals surface area contributed by atoms with E-state index in [1.165, 1.54) is 16.7 Å². The van der Waals surface area contributed by atoms with Gasteiger partial charge in [-0.15, -0.1) is 0 Å². The van der Waals surface area contributed by atoms with Gasteiger partial charge in [0.05, 0.1) is 0 Å². The molecule has 3 aromatic carbocycles. The molecule has 2 heteroatoms. The van der Waals surface area contributed by atoms with Gasteiger partial charge in [0.15, 0.2) is 5.52 Å². The van der Waals surface area contributed by atoms with E-state index in [4.69, 9.17) is 0 Å². The van der Waals surface area contributed by atoms with E-state index < -0.39 is 0 Å². The summed E-state index contributed by atoms with van der Waals surface area (Å²) in [6.45, 7) is 0. The lowest BCUT2D eigenvalue weighted by molar-refractivity contribution is -0.111. The number of benzene rings is 3. The summed E-state index contributed by atoms with van der Waals surface area (Å²) in [5.74, 6) is 0. The number of hydrogen-bond acceptors (Lipinski definition) is 1. The molecular formula is C25H25OP. The molecule has 0 spiro atoms. The predicted octanol–water partition coefficient (Wildman–Crippen LogP) is 6.49. The summed E-state index contributed by atoms with van der Waals surface area (Å²) >= 11 is 0. The number of carbonyl (C=O) groups is 1. The van der Waals surface area contributed by atoms with Gasteiger partial charge in [-0.3, -0.25) is 4.79 Å². The molecule has 0 N–H and O–H groups in total. The van der Waals surface area contributed by atoms with E-state index in [1.54, 1.807) is 0 Å². The van der Waals surface area contributed by atoms with Gasteiger partial charge in [0.2, 0.25) is 0 Å². The zero-order chi connectivity index (χ0) is 19.0. The van der Waals surface area contributed by atoms with Gasteiger partial charge in [0, 0.05) is 11.8 Å². The lowest BCUT2D eigenvalue weighted by atomic mass is 9.66. The van der Waals surface area contributed by atoms with Gasteiger partial charge >= 0.3 is 0 Å². The van der Waals surface area contributed by atoms with Crippen LogP contribution in [0.4, 0.5) is 0 Å². The molecule has 3 aromatic rings. The molecule has 0 unspecified atom stereocenters. The number of hydrogen-bond donors (Lipinski definition) is 0. The maximum absolute atomic E-state index is 11.7. The van der Waals surface area contributed by atoms with Gasteiger partial charge in [0.25, 0.3) is 0 Å². The van der Waals surface area contributed by atoms with Crippen LogP contribution in [0.25, 0.3) is 0 Å². The SMILES string of the molecule is C=PC(=O)CCCCC(c1ccccc1)(c1ccccc1)c1ccccc1. The largest absolute Gasteiger partial charge is 0.290 e. The quantitative estimate of drug-likeness (QED) is 0.238. The van der Waals surface area contributed by atoms with Crippen molar-refractivity contribution >= 4 is 20.0 Å². The van der Waals surface area contributed by atoms with E-state index >= 15 is 0 Å². The lowest BCUT2D eigenvalue weighted by Crippen LogP contribution is -2.29. The van der Waals surface area contributed by atoms with Gasteiger partial charge in [-0.2, -0.15) is 0 Å². The molecule has 0 amide bonds. The Morgan fingerprint density at radius 3 is 1.48 bits per heavy atom. The van der Waals surface area contributed by atoms with E-state index in [0.29, 0.717) is 14.6 Å². The second-order valence-electron chi connectivity index (χ2n) is 6.76. The van der Waals surface area contributed by atoms with Crippen molar-refractivity contribution in [2.75, 3.05) is 0 Å². The van der Waals surface area contributed by atoms with E-state index in [2.05, 4.69) is 97.3 Å². The fraction of sp³-hybridized carbons (Fsp3) is 0.200. The van der Waals surface area contributed by atoms with Crippen LogP contribution < -0.4 is 0 Å². The third-order valence-corrected chi connectivity index (χ3v) is 5.74. The summed E-state index contributed by atoms with van der Waals surface area (Å²) in [7, 11) is 0.621. The molecule has 0 aliphatic carbocycles. The molecule has 1 nitrogen and oxygen atoms in total. The third kappa shape index (κ3) is 4.43. The smallest absolute Gasteiger partial charge is 0.180 e. The summed E-state index contributed by atoms with van der Waals surface area (Å²) in [5.41, 5.74) is 3.89. The molecular weight excluding hydrogens is 347 g/mol. The summed E-state index contributed by atoms with van der Waals surface area (Å²) in [5, 5.41) is 0. The van der Waals surface area contributed by atoms with Crippen LogP contribution in [0.2, 0.25) is 0 Å². The Labute approximate surface area is 163 Å². The van der Waals surface area contributed by atoms with Crippen LogP contribution in [0, 0.1) is 0 Å². The van der Waals surface area contributed by atoms with E-state index in [0.717, 1.165) is 19.3 Å². The van der Waals surface area contributed by atoms with Crippen LogP contribution in [-0.2, 0) is 10.2 Å². The second-order valence-corrected chi connectivity index (χ2v) is 7.58. The minimum absolute atomic E-state index is 0.213. The number of rotatable bonds is 9. The zero-order valence-electron chi connectivity index (χ0n) is 15.6. The van der Waals surface area contributed by atoms with E-state index in [9.17, 15) is 4.79 Å². The molecule has 0 saturated carbocycles. The second kappa shape index (κ2) is 9.44. The molecule has 136 valence electrons. The molecule has 0 bridgehead atoms.